The summed E-state index contributed by atoms with van der Waals surface area (Å²) in [5.74, 6) is 0. The fourth-order valence-corrected chi connectivity index (χ4v) is 2.33. The van der Waals surface area contributed by atoms with Gasteiger partial charge in [0.1, 0.15) is 0 Å². The molecule has 0 aromatic carbocycles. The third-order valence-electron chi connectivity index (χ3n) is 3.16. The second-order valence-corrected chi connectivity index (χ2v) is 5.86. The van der Waals surface area contributed by atoms with E-state index in [2.05, 4.69) is 35.0 Å². The Morgan fingerprint density at radius 2 is 1.47 bits per heavy atom. The van der Waals surface area contributed by atoms with Gasteiger partial charge < -0.3 is 4.74 Å². The van der Waals surface area contributed by atoms with E-state index in [4.69, 9.17) is 4.74 Å². The molecule has 1 nitrogen and oxygen atoms in total. The first-order valence-electron chi connectivity index (χ1n) is 8.06. The van der Waals surface area contributed by atoms with Crippen molar-refractivity contribution in [3.63, 3.8) is 0 Å². The van der Waals surface area contributed by atoms with E-state index < -0.39 is 0 Å². The van der Waals surface area contributed by atoms with Crippen molar-refractivity contribution in [2.24, 2.45) is 0 Å². The molecule has 2 heteroatoms. The molecule has 0 N–H and O–H groups in total. The first-order chi connectivity index (χ1) is 9.41. The van der Waals surface area contributed by atoms with Crippen molar-refractivity contribution in [1.29, 1.82) is 0 Å². The number of hydrogen-bond donors (Lipinski definition) is 0. The Bertz CT molecular complexity index is 180. The van der Waals surface area contributed by atoms with Crippen molar-refractivity contribution in [1.82, 2.24) is 0 Å². The third-order valence-corrected chi connectivity index (χ3v) is 3.72. The van der Waals surface area contributed by atoms with E-state index >= 15 is 0 Å². The highest BCUT2D eigenvalue weighted by atomic mass is 79.9. The number of allylic oxidation sites excluding steroid dienone is 1. The van der Waals surface area contributed by atoms with E-state index in [1.165, 1.54) is 64.2 Å². The minimum absolute atomic E-state index is 0.747. The zero-order chi connectivity index (χ0) is 14.0. The van der Waals surface area contributed by atoms with Crippen LogP contribution in [0.3, 0.4) is 0 Å². The molecule has 0 aliphatic heterocycles. The molecule has 0 aliphatic carbocycles. The van der Waals surface area contributed by atoms with Gasteiger partial charge in [-0.25, -0.2) is 0 Å². The van der Waals surface area contributed by atoms with E-state index in [1.807, 2.05) is 6.61 Å². The molecule has 0 spiro atoms. The molecular weight excluding hydrogens is 300 g/mol. The number of alkyl halides is 1. The molecular formula is C17H32BrO. The van der Waals surface area contributed by atoms with Gasteiger partial charge in [0.05, 0.1) is 13.2 Å². The van der Waals surface area contributed by atoms with Gasteiger partial charge in [0.2, 0.25) is 0 Å². The molecule has 0 fully saturated rings. The molecule has 0 atom stereocenters. The Labute approximate surface area is 129 Å². The van der Waals surface area contributed by atoms with Crippen LogP contribution in [0.5, 0.6) is 0 Å². The monoisotopic (exact) mass is 331 g/mol. The molecule has 19 heavy (non-hydrogen) atoms. The van der Waals surface area contributed by atoms with Gasteiger partial charge in [0, 0.05) is 5.33 Å². The maximum Gasteiger partial charge on any atom is 0.0841 e. The number of rotatable bonds is 15. The standard InChI is InChI=1S/C17H32BrO/c1-2-3-4-5-7-10-13-16-19-17-14-11-8-6-9-12-15-18/h10,13,17H,2-9,11-12,14-16H2,1H3/b13-10-. The molecule has 0 rings (SSSR count). The van der Waals surface area contributed by atoms with Crippen LogP contribution in [0, 0.1) is 6.61 Å². The van der Waals surface area contributed by atoms with Crippen LogP contribution in [0.15, 0.2) is 12.2 Å². The van der Waals surface area contributed by atoms with Crippen molar-refractivity contribution in [3.8, 4) is 0 Å². The topological polar surface area (TPSA) is 9.23 Å². The fourth-order valence-electron chi connectivity index (χ4n) is 1.93. The van der Waals surface area contributed by atoms with Crippen LogP contribution in [0.2, 0.25) is 0 Å². The van der Waals surface area contributed by atoms with Crippen molar-refractivity contribution in [3.05, 3.63) is 18.8 Å². The normalized spacial score (nSPS) is 11.5. The molecule has 0 aliphatic rings. The highest BCUT2D eigenvalue weighted by Gasteiger charge is 1.91. The zero-order valence-corrected chi connectivity index (χ0v) is 14.3. The lowest BCUT2D eigenvalue weighted by molar-refractivity contribution is 0.222. The van der Waals surface area contributed by atoms with Gasteiger partial charge in [0.15, 0.2) is 0 Å². The minimum atomic E-state index is 0.747. The molecule has 0 aromatic heterocycles. The minimum Gasteiger partial charge on any atom is -0.371 e. The van der Waals surface area contributed by atoms with Gasteiger partial charge in [-0.1, -0.05) is 80.0 Å². The summed E-state index contributed by atoms with van der Waals surface area (Å²) < 4.78 is 5.47. The highest BCUT2D eigenvalue weighted by molar-refractivity contribution is 9.09. The van der Waals surface area contributed by atoms with Crippen LogP contribution in [0.1, 0.15) is 77.6 Å². The summed E-state index contributed by atoms with van der Waals surface area (Å²) in [5, 5.41) is 1.15. The van der Waals surface area contributed by atoms with Gasteiger partial charge in [-0.15, -0.1) is 0 Å². The second kappa shape index (κ2) is 18.2. The smallest absolute Gasteiger partial charge is 0.0841 e. The Morgan fingerprint density at radius 3 is 2.26 bits per heavy atom. The summed E-state index contributed by atoms with van der Waals surface area (Å²) in [4.78, 5) is 0. The summed E-state index contributed by atoms with van der Waals surface area (Å²) >= 11 is 3.46. The van der Waals surface area contributed by atoms with Crippen molar-refractivity contribution in [2.45, 2.75) is 77.6 Å². The van der Waals surface area contributed by atoms with Gasteiger partial charge in [-0.2, -0.15) is 0 Å². The summed E-state index contributed by atoms with van der Waals surface area (Å²) in [7, 11) is 0. The van der Waals surface area contributed by atoms with Crippen molar-refractivity contribution >= 4 is 15.9 Å². The predicted octanol–water partition coefficient (Wildman–Crippen LogP) is 6.43. The molecule has 0 aromatic rings. The summed E-state index contributed by atoms with van der Waals surface area (Å²) in [6.07, 6.45) is 18.7. The van der Waals surface area contributed by atoms with E-state index in [0.29, 0.717) is 0 Å². The van der Waals surface area contributed by atoms with E-state index in [1.54, 1.807) is 0 Å². The van der Waals surface area contributed by atoms with Gasteiger partial charge in [-0.3, -0.25) is 0 Å². The quantitative estimate of drug-likeness (QED) is 0.191. The Kier molecular flexibility index (Phi) is 18.4. The lowest BCUT2D eigenvalue weighted by atomic mass is 10.1. The van der Waals surface area contributed by atoms with E-state index in [0.717, 1.165) is 18.4 Å². The molecule has 0 saturated carbocycles. The average Bonchev–Trinajstić information content (AvgIpc) is 2.43. The van der Waals surface area contributed by atoms with Crippen LogP contribution >= 0.6 is 15.9 Å². The number of hydrogen-bond acceptors (Lipinski definition) is 1. The fraction of sp³-hybridized carbons (Fsp3) is 0.824. The third kappa shape index (κ3) is 18.2. The van der Waals surface area contributed by atoms with Crippen LogP contribution < -0.4 is 0 Å². The number of ether oxygens (including phenoxy) is 1. The van der Waals surface area contributed by atoms with Crippen LogP contribution in [0.4, 0.5) is 0 Å². The molecule has 0 bridgehead atoms. The lowest BCUT2D eigenvalue weighted by Crippen LogP contribution is -1.88. The SMILES string of the molecule is CCCCCC/C=C\CO[CH]CCCCCCCBr. The van der Waals surface area contributed by atoms with Crippen LogP contribution in [-0.2, 0) is 4.74 Å². The summed E-state index contributed by atoms with van der Waals surface area (Å²) in [5.41, 5.74) is 0. The number of unbranched alkanes of at least 4 members (excludes halogenated alkanes) is 9. The van der Waals surface area contributed by atoms with Gasteiger partial charge >= 0.3 is 0 Å². The van der Waals surface area contributed by atoms with E-state index in [-0.39, 0.29) is 0 Å². The second-order valence-electron chi connectivity index (χ2n) is 5.07. The first-order valence-corrected chi connectivity index (χ1v) is 9.18. The first kappa shape index (κ1) is 19.2. The number of halogens is 1. The molecule has 0 heterocycles. The largest absolute Gasteiger partial charge is 0.371 e. The van der Waals surface area contributed by atoms with Gasteiger partial charge in [-0.05, 0) is 25.7 Å². The highest BCUT2D eigenvalue weighted by Crippen LogP contribution is 2.08. The Morgan fingerprint density at radius 1 is 0.789 bits per heavy atom. The Hall–Kier alpha value is 0.180. The molecule has 113 valence electrons. The molecule has 0 amide bonds. The van der Waals surface area contributed by atoms with Crippen molar-refractivity contribution in [2.75, 3.05) is 11.9 Å². The van der Waals surface area contributed by atoms with Gasteiger partial charge in [0.25, 0.3) is 0 Å². The van der Waals surface area contributed by atoms with Crippen molar-refractivity contribution < 1.29 is 4.74 Å². The zero-order valence-electron chi connectivity index (χ0n) is 12.7. The molecule has 0 saturated heterocycles. The summed E-state index contributed by atoms with van der Waals surface area (Å²) in [6.45, 7) is 4.98. The van der Waals surface area contributed by atoms with Crippen LogP contribution in [-0.4, -0.2) is 11.9 Å². The average molecular weight is 332 g/mol. The lowest BCUT2D eigenvalue weighted by Gasteiger charge is -2.01. The van der Waals surface area contributed by atoms with Crippen LogP contribution in [0.25, 0.3) is 0 Å². The maximum atomic E-state index is 5.47. The molecule has 1 radical (unpaired) electrons. The Balaban J connectivity index is 2.99. The summed E-state index contributed by atoms with van der Waals surface area (Å²) in [6, 6.07) is 0. The molecule has 0 unspecified atom stereocenters. The predicted molar refractivity (Wildman–Crippen MR) is 89.6 cm³/mol. The van der Waals surface area contributed by atoms with E-state index in [9.17, 15) is 0 Å². The maximum absolute atomic E-state index is 5.47.